The van der Waals surface area contributed by atoms with Gasteiger partial charge < -0.3 is 9.84 Å². The van der Waals surface area contributed by atoms with E-state index in [4.69, 9.17) is 9.84 Å². The molecule has 16 heavy (non-hydrogen) atoms. The Morgan fingerprint density at radius 1 is 1.44 bits per heavy atom. The number of hydrogen-bond donors (Lipinski definition) is 1. The molecule has 0 saturated carbocycles. The fourth-order valence-electron chi connectivity index (χ4n) is 1.61. The molecule has 0 spiro atoms. The fourth-order valence-corrected chi connectivity index (χ4v) is 1.61. The summed E-state index contributed by atoms with van der Waals surface area (Å²) in [5, 5.41) is 14.2. The van der Waals surface area contributed by atoms with Crippen molar-refractivity contribution in [1.82, 2.24) is 9.78 Å². The van der Waals surface area contributed by atoms with E-state index in [-0.39, 0.29) is 6.61 Å². The second kappa shape index (κ2) is 4.81. The maximum Gasteiger partial charge on any atom is 0.241 e. The topological polar surface area (TPSA) is 47.3 Å². The van der Waals surface area contributed by atoms with E-state index in [1.807, 2.05) is 24.3 Å². The second-order valence-electron chi connectivity index (χ2n) is 3.37. The third-order valence-corrected chi connectivity index (χ3v) is 2.27. The average Bonchev–Trinajstić information content (AvgIpc) is 2.66. The standard InChI is InChI=1S/C12H14N2O2/c1-2-9-16-12-10-5-3-4-6-11(10)14(13-12)7-8-15/h2-6,15H,1,7-9H2. The van der Waals surface area contributed by atoms with Gasteiger partial charge in [-0.15, -0.1) is 5.10 Å². The van der Waals surface area contributed by atoms with E-state index in [9.17, 15) is 0 Å². The molecule has 0 unspecified atom stereocenters. The summed E-state index contributed by atoms with van der Waals surface area (Å²) in [7, 11) is 0. The lowest BCUT2D eigenvalue weighted by atomic mass is 10.2. The van der Waals surface area contributed by atoms with Crippen molar-refractivity contribution < 1.29 is 9.84 Å². The normalized spacial score (nSPS) is 10.6. The van der Waals surface area contributed by atoms with Crippen molar-refractivity contribution >= 4 is 10.9 Å². The van der Waals surface area contributed by atoms with E-state index in [2.05, 4.69) is 11.7 Å². The number of ether oxygens (including phenoxy) is 1. The lowest BCUT2D eigenvalue weighted by Crippen LogP contribution is -2.04. The number of nitrogens with zero attached hydrogens (tertiary/aromatic N) is 2. The Kier molecular flexibility index (Phi) is 3.22. The van der Waals surface area contributed by atoms with Gasteiger partial charge in [-0.3, -0.25) is 4.68 Å². The molecule has 0 aliphatic rings. The lowest BCUT2D eigenvalue weighted by molar-refractivity contribution is 0.268. The molecule has 0 aliphatic carbocycles. The predicted molar refractivity (Wildman–Crippen MR) is 62.5 cm³/mol. The van der Waals surface area contributed by atoms with Crippen LogP contribution in [0.25, 0.3) is 10.9 Å². The van der Waals surface area contributed by atoms with Gasteiger partial charge in [0.05, 0.1) is 24.1 Å². The average molecular weight is 218 g/mol. The maximum absolute atomic E-state index is 8.95. The van der Waals surface area contributed by atoms with Crippen molar-refractivity contribution in [3.05, 3.63) is 36.9 Å². The van der Waals surface area contributed by atoms with E-state index in [0.29, 0.717) is 19.0 Å². The first kappa shape index (κ1) is 10.7. The molecule has 0 radical (unpaired) electrons. The van der Waals surface area contributed by atoms with Crippen molar-refractivity contribution in [1.29, 1.82) is 0 Å². The van der Waals surface area contributed by atoms with Gasteiger partial charge in [0.2, 0.25) is 5.88 Å². The minimum absolute atomic E-state index is 0.0621. The van der Waals surface area contributed by atoms with Crippen LogP contribution in [0.3, 0.4) is 0 Å². The summed E-state index contributed by atoms with van der Waals surface area (Å²) in [5.74, 6) is 0.587. The third-order valence-electron chi connectivity index (χ3n) is 2.27. The molecular formula is C12H14N2O2. The Bertz CT molecular complexity index is 491. The minimum atomic E-state index is 0.0621. The smallest absolute Gasteiger partial charge is 0.241 e. The Morgan fingerprint density at radius 3 is 3.00 bits per heavy atom. The van der Waals surface area contributed by atoms with Crippen LogP contribution in [0.2, 0.25) is 0 Å². The van der Waals surface area contributed by atoms with Crippen LogP contribution in [0.1, 0.15) is 0 Å². The Morgan fingerprint density at radius 2 is 2.25 bits per heavy atom. The summed E-state index contributed by atoms with van der Waals surface area (Å²) in [6.07, 6.45) is 1.68. The first-order chi connectivity index (χ1) is 7.86. The van der Waals surface area contributed by atoms with Crippen LogP contribution in [-0.2, 0) is 6.54 Å². The number of rotatable bonds is 5. The molecule has 1 aromatic heterocycles. The van der Waals surface area contributed by atoms with Crippen molar-refractivity contribution in [2.24, 2.45) is 0 Å². The van der Waals surface area contributed by atoms with Gasteiger partial charge in [-0.1, -0.05) is 24.8 Å². The summed E-state index contributed by atoms with van der Waals surface area (Å²) < 4.78 is 7.21. The minimum Gasteiger partial charge on any atom is -0.472 e. The predicted octanol–water partition coefficient (Wildman–Crippen LogP) is 1.59. The molecule has 0 fully saturated rings. The first-order valence-electron chi connectivity index (χ1n) is 5.17. The van der Waals surface area contributed by atoms with E-state index >= 15 is 0 Å². The molecule has 0 aliphatic heterocycles. The number of fused-ring (bicyclic) bond motifs is 1. The molecular weight excluding hydrogens is 204 g/mol. The van der Waals surface area contributed by atoms with Crippen LogP contribution in [0, 0.1) is 0 Å². The third kappa shape index (κ3) is 1.92. The monoisotopic (exact) mass is 218 g/mol. The Hall–Kier alpha value is -1.81. The molecule has 1 aromatic carbocycles. The zero-order valence-electron chi connectivity index (χ0n) is 8.97. The van der Waals surface area contributed by atoms with Crippen LogP contribution in [0.4, 0.5) is 0 Å². The van der Waals surface area contributed by atoms with Crippen LogP contribution in [0.5, 0.6) is 5.88 Å². The van der Waals surface area contributed by atoms with Gasteiger partial charge in [0, 0.05) is 0 Å². The van der Waals surface area contributed by atoms with Gasteiger partial charge in [-0.25, -0.2) is 0 Å². The van der Waals surface area contributed by atoms with Crippen LogP contribution in [-0.4, -0.2) is 28.1 Å². The van der Waals surface area contributed by atoms with Gasteiger partial charge in [0.25, 0.3) is 0 Å². The summed E-state index contributed by atoms with van der Waals surface area (Å²) in [4.78, 5) is 0. The van der Waals surface area contributed by atoms with Crippen molar-refractivity contribution in [3.8, 4) is 5.88 Å². The molecule has 84 valence electrons. The molecule has 2 rings (SSSR count). The molecule has 1 N–H and O–H groups in total. The van der Waals surface area contributed by atoms with Gasteiger partial charge in [-0.2, -0.15) is 0 Å². The molecule has 0 atom stereocenters. The highest BCUT2D eigenvalue weighted by Crippen LogP contribution is 2.24. The van der Waals surface area contributed by atoms with Crippen LogP contribution < -0.4 is 4.74 Å². The number of aromatic nitrogens is 2. The van der Waals surface area contributed by atoms with Gasteiger partial charge in [-0.05, 0) is 12.1 Å². The molecule has 0 saturated heterocycles. The first-order valence-corrected chi connectivity index (χ1v) is 5.17. The SMILES string of the molecule is C=CCOc1nn(CCO)c2ccccc12. The number of benzene rings is 1. The number of hydrogen-bond acceptors (Lipinski definition) is 3. The Balaban J connectivity index is 2.44. The second-order valence-corrected chi connectivity index (χ2v) is 3.37. The number of aliphatic hydroxyl groups excluding tert-OH is 1. The molecule has 0 bridgehead atoms. The van der Waals surface area contributed by atoms with Crippen molar-refractivity contribution in [3.63, 3.8) is 0 Å². The lowest BCUT2D eigenvalue weighted by Gasteiger charge is -1.98. The van der Waals surface area contributed by atoms with Crippen LogP contribution in [0.15, 0.2) is 36.9 Å². The van der Waals surface area contributed by atoms with Gasteiger partial charge >= 0.3 is 0 Å². The maximum atomic E-state index is 8.95. The summed E-state index contributed by atoms with van der Waals surface area (Å²) in [6, 6.07) is 7.79. The number of aliphatic hydroxyl groups is 1. The Labute approximate surface area is 93.8 Å². The summed E-state index contributed by atoms with van der Waals surface area (Å²) in [6.45, 7) is 4.56. The largest absolute Gasteiger partial charge is 0.472 e. The zero-order chi connectivity index (χ0) is 11.4. The molecule has 0 amide bonds. The highest BCUT2D eigenvalue weighted by Gasteiger charge is 2.09. The van der Waals surface area contributed by atoms with Gasteiger partial charge in [0.15, 0.2) is 0 Å². The summed E-state index contributed by atoms with van der Waals surface area (Å²) in [5.41, 5.74) is 0.968. The molecule has 4 heteroatoms. The van der Waals surface area contributed by atoms with E-state index in [1.54, 1.807) is 10.8 Å². The summed E-state index contributed by atoms with van der Waals surface area (Å²) >= 11 is 0. The van der Waals surface area contributed by atoms with Crippen LogP contribution >= 0.6 is 0 Å². The molecule has 4 nitrogen and oxygen atoms in total. The van der Waals surface area contributed by atoms with Gasteiger partial charge in [0.1, 0.15) is 6.61 Å². The van der Waals surface area contributed by atoms with Crippen molar-refractivity contribution in [2.45, 2.75) is 6.54 Å². The quantitative estimate of drug-likeness (QED) is 0.775. The molecule has 2 aromatic rings. The van der Waals surface area contributed by atoms with E-state index in [1.165, 1.54) is 0 Å². The molecule has 1 heterocycles. The van der Waals surface area contributed by atoms with E-state index in [0.717, 1.165) is 10.9 Å². The van der Waals surface area contributed by atoms with Crippen molar-refractivity contribution in [2.75, 3.05) is 13.2 Å². The highest BCUT2D eigenvalue weighted by molar-refractivity contribution is 5.84. The van der Waals surface area contributed by atoms with E-state index < -0.39 is 0 Å². The fraction of sp³-hybridized carbons (Fsp3) is 0.250. The number of para-hydroxylation sites is 1. The zero-order valence-corrected chi connectivity index (χ0v) is 8.97. The highest BCUT2D eigenvalue weighted by atomic mass is 16.5.